The minimum absolute atomic E-state index is 0. The number of carboxylic acids is 1. The van der Waals surface area contributed by atoms with Gasteiger partial charge in [-0.05, 0) is 84.8 Å². The zero-order valence-corrected chi connectivity index (χ0v) is 55.2. The average Bonchev–Trinajstić information content (AvgIpc) is 1.26. The third-order valence-corrected chi connectivity index (χ3v) is 14.1. The van der Waals surface area contributed by atoms with Gasteiger partial charge in [0.2, 0.25) is 0 Å². The number of nitrogens with two attached hydrogens (primary N) is 1. The van der Waals surface area contributed by atoms with E-state index < -0.39 is 36.2 Å². The molecule has 9 N–H and O–H groups in total. The molecule has 0 bridgehead atoms. The van der Waals surface area contributed by atoms with Crippen LogP contribution in [0.3, 0.4) is 0 Å². The van der Waals surface area contributed by atoms with E-state index in [1.165, 1.54) is 104 Å². The van der Waals surface area contributed by atoms with Gasteiger partial charge >= 0.3 is 30.8 Å². The number of hydrogen-bond acceptors (Lipinski definition) is 24. The molecule has 1 amide bonds. The van der Waals surface area contributed by atoms with Crippen LogP contribution in [-0.2, 0) is 71.9 Å². The molecule has 494 valence electrons. The summed E-state index contributed by atoms with van der Waals surface area (Å²) in [7, 11) is 4.53. The molecule has 3 atom stereocenters. The van der Waals surface area contributed by atoms with Crippen LogP contribution in [0.25, 0.3) is 17.5 Å². The van der Waals surface area contributed by atoms with E-state index in [0.29, 0.717) is 88.2 Å². The summed E-state index contributed by atoms with van der Waals surface area (Å²) in [4.78, 5) is 102. The molecule has 0 fully saturated rings. The van der Waals surface area contributed by atoms with Crippen molar-refractivity contribution < 1.29 is 82.6 Å². The van der Waals surface area contributed by atoms with Gasteiger partial charge in [-0.3, -0.25) is 34.1 Å². The fraction of sp³-hybridized carbons (Fsp3) is 0.288. The fourth-order valence-electron chi connectivity index (χ4n) is 9.12. The Bertz CT molecular complexity index is 3800. The van der Waals surface area contributed by atoms with E-state index in [0.717, 1.165) is 0 Å². The molecular formula is C59H66Cl4LiN17O13. The van der Waals surface area contributed by atoms with E-state index in [1.807, 2.05) is 0 Å². The monoisotopic (exact) mass is 1370 g/mol. The molecule has 9 aromatic rings. The van der Waals surface area contributed by atoms with Gasteiger partial charge in [-0.2, -0.15) is 30.6 Å². The largest absolute Gasteiger partial charge is 1.00 e. The van der Waals surface area contributed by atoms with Crippen LogP contribution in [0.5, 0.6) is 0 Å². The number of carbonyl (C=O) groups is 6. The number of ketones is 3. The molecule has 35 heteroatoms. The Morgan fingerprint density at radius 1 is 0.500 bits per heavy atom. The first-order valence-corrected chi connectivity index (χ1v) is 28.2. The Balaban J connectivity index is 0.000000468. The first-order valence-electron chi connectivity index (χ1n) is 27.0. The zero-order chi connectivity index (χ0) is 64.3. The second-order valence-electron chi connectivity index (χ2n) is 19.4. The molecule has 9 heterocycles. The molecule has 0 aliphatic carbocycles. The SMILES string of the molecule is CCOC(=O)c1cncc(CC(=O)Cc2cnc(-n3nccn3)c(Cl)c2)c1C(C)OC.COC(C)c1c(CC(=O)Cc2cnc(-n3nccn3)c(Cl)c2)cncc1C(=O)O.COC(C)c1c(CC(=O)Cc2cnc(-n3nccn3)c(Cl)c2)cncc1C(N)=O.Cl.N.O.[Li+].[OH-]. The molecule has 9 aromatic heterocycles. The van der Waals surface area contributed by atoms with E-state index in [-0.39, 0.29) is 122 Å². The van der Waals surface area contributed by atoms with Crippen molar-refractivity contribution in [3.63, 3.8) is 0 Å². The van der Waals surface area contributed by atoms with Gasteiger partial charge in [0.15, 0.2) is 17.5 Å². The minimum atomic E-state index is -1.12. The van der Waals surface area contributed by atoms with Crippen molar-refractivity contribution in [2.75, 3.05) is 27.9 Å². The first kappa shape index (κ1) is 81.3. The molecule has 0 saturated carbocycles. The maximum Gasteiger partial charge on any atom is 1.00 e. The number of carboxylic acid groups (broad SMARTS) is 1. The number of rotatable bonds is 25. The van der Waals surface area contributed by atoms with Gasteiger partial charge in [0.05, 0.1) is 93.9 Å². The molecule has 0 spiro atoms. The number of carbonyl (C=O) groups excluding carboxylic acids is 5. The molecule has 0 aromatic carbocycles. The fourth-order valence-corrected chi connectivity index (χ4v) is 9.92. The number of primary amides is 1. The van der Waals surface area contributed by atoms with E-state index in [1.54, 1.807) is 70.7 Å². The molecule has 0 aliphatic rings. The Kier molecular flexibility index (Phi) is 33.8. The Labute approximate surface area is 571 Å². The van der Waals surface area contributed by atoms with Crippen molar-refractivity contribution >= 4 is 82.4 Å². The van der Waals surface area contributed by atoms with Gasteiger partial charge in [-0.25, -0.2) is 24.5 Å². The summed E-state index contributed by atoms with van der Waals surface area (Å²) < 4.78 is 21.2. The van der Waals surface area contributed by atoms with Crippen LogP contribution in [0.1, 0.15) is 127 Å². The summed E-state index contributed by atoms with van der Waals surface area (Å²) >= 11 is 18.8. The molecule has 0 aliphatic heterocycles. The molecule has 3 unspecified atom stereocenters. The van der Waals surface area contributed by atoms with Crippen molar-refractivity contribution in [2.45, 2.75) is 84.5 Å². The van der Waals surface area contributed by atoms with Crippen molar-refractivity contribution in [2.24, 2.45) is 5.73 Å². The van der Waals surface area contributed by atoms with E-state index in [4.69, 9.17) is 59.5 Å². The van der Waals surface area contributed by atoms with Crippen molar-refractivity contribution in [3.05, 3.63) is 193 Å². The predicted molar refractivity (Wildman–Crippen MR) is 338 cm³/mol. The number of nitrogens with zero attached hydrogens (tertiary/aromatic N) is 15. The number of ether oxygens (including phenoxy) is 4. The van der Waals surface area contributed by atoms with Gasteiger partial charge in [0.25, 0.3) is 5.91 Å². The maximum atomic E-state index is 12.8. The van der Waals surface area contributed by atoms with Gasteiger partial charge < -0.3 is 46.9 Å². The van der Waals surface area contributed by atoms with Crippen LogP contribution in [0.4, 0.5) is 0 Å². The van der Waals surface area contributed by atoms with Crippen LogP contribution in [0, 0.1) is 0 Å². The van der Waals surface area contributed by atoms with Crippen LogP contribution in [0.15, 0.2) is 111 Å². The van der Waals surface area contributed by atoms with Crippen molar-refractivity contribution in [1.29, 1.82) is 0 Å². The normalized spacial score (nSPS) is 11.3. The quantitative estimate of drug-likeness (QED) is 0.0540. The zero-order valence-electron chi connectivity index (χ0n) is 52.1. The number of pyridine rings is 6. The maximum absolute atomic E-state index is 12.8. The van der Waals surface area contributed by atoms with Crippen LogP contribution in [-0.4, -0.2) is 154 Å². The van der Waals surface area contributed by atoms with Crippen LogP contribution in [0.2, 0.25) is 15.1 Å². The number of hydrogen-bond donors (Lipinski definition) is 3. The second-order valence-corrected chi connectivity index (χ2v) is 20.6. The number of methoxy groups -OCH3 is 3. The number of aromatic carboxylic acids is 1. The molecular weight excluding hydrogens is 1300 g/mol. The summed E-state index contributed by atoms with van der Waals surface area (Å²) in [6, 6.07) is 4.95. The van der Waals surface area contributed by atoms with Gasteiger partial charge in [-0.1, -0.05) is 34.8 Å². The number of esters is 1. The van der Waals surface area contributed by atoms with Gasteiger partial charge in [0, 0.05) is 127 Å². The predicted octanol–water partition coefficient (Wildman–Crippen LogP) is 3.88. The Morgan fingerprint density at radius 2 is 0.787 bits per heavy atom. The number of halogens is 4. The van der Waals surface area contributed by atoms with E-state index in [9.17, 15) is 33.9 Å². The second kappa shape index (κ2) is 39.1. The van der Waals surface area contributed by atoms with Gasteiger partial charge in [-0.15, -0.1) is 26.8 Å². The van der Waals surface area contributed by atoms with Crippen molar-refractivity contribution in [1.82, 2.24) is 81.0 Å². The number of aromatic nitrogens is 15. The van der Waals surface area contributed by atoms with Gasteiger partial charge in [0.1, 0.15) is 17.3 Å². The topological polar surface area (TPSA) is 452 Å². The summed E-state index contributed by atoms with van der Waals surface area (Å²) in [6.07, 6.45) is 21.6. The van der Waals surface area contributed by atoms with E-state index in [2.05, 4.69) is 60.5 Å². The molecule has 0 radical (unpaired) electrons. The van der Waals surface area contributed by atoms with Crippen LogP contribution >= 0.6 is 47.2 Å². The van der Waals surface area contributed by atoms with Crippen molar-refractivity contribution in [3.8, 4) is 17.5 Å². The summed E-state index contributed by atoms with van der Waals surface area (Å²) in [5.74, 6) is -1.44. The molecule has 94 heavy (non-hydrogen) atoms. The first-order chi connectivity index (χ1) is 42.7. The molecule has 0 saturated heterocycles. The third kappa shape index (κ3) is 21.4. The Hall–Kier alpha value is -8.74. The standard InChI is InChI=1S/C21H22ClN5O4.C19H19ClN6O3.C19H18ClN5O4.ClH.Li.H3N.2H2O/c1-4-31-21(29)17-12-23-11-15(19(17)13(2)30-3)9-16(28)7-14-8-18(22)20(24-10-14)27-25-5-6-26-27;1-11(29-2)17-13(9-22-10-15(17)18(21)28)7-14(27)5-12-6-16(20)19(23-8-12)26-24-3-4-25-26;1-11(29-2)17-13(9-21-10-15(17)19(27)28)7-14(26)5-12-6-16(20)18(22-8-12)25-23-3-4-24-25;;;;;/h5-6,8,10-13H,4,7,9H2,1-3H3;3-4,6,8-11H,5,7H2,1-2H3,(H2,21,28);3-4,6,8-11H,5,7H2,1-2H3,(H,27,28);1H;;1H3;2*1H2/q;;;;+1;;;/p-1. The summed E-state index contributed by atoms with van der Waals surface area (Å²) in [5.41, 5.74) is 11.3. The van der Waals surface area contributed by atoms with E-state index >= 15 is 0 Å². The number of amides is 1. The summed E-state index contributed by atoms with van der Waals surface area (Å²) in [5, 5.41) is 34.3. The Morgan fingerprint density at radius 3 is 1.06 bits per heavy atom. The van der Waals surface area contributed by atoms with Crippen LogP contribution < -0.4 is 30.7 Å². The molecule has 30 nitrogen and oxygen atoms in total. The minimum Gasteiger partial charge on any atom is -0.870 e. The molecule has 9 rings (SSSR count). The third-order valence-electron chi connectivity index (χ3n) is 13.3. The smallest absolute Gasteiger partial charge is 0.870 e. The summed E-state index contributed by atoms with van der Waals surface area (Å²) in [6.45, 7) is 7.27. The average molecular weight is 1370 g/mol. The number of Topliss-reactive ketones (excluding diaryl/α,β-unsaturated/α-hetero) is 3.